The Labute approximate surface area is 198 Å². The monoisotopic (exact) mass is 550 g/mol. The summed E-state index contributed by atoms with van der Waals surface area (Å²) in [5, 5.41) is 6.55. The third kappa shape index (κ3) is 7.88. The third-order valence-corrected chi connectivity index (χ3v) is 7.47. The van der Waals surface area contributed by atoms with E-state index in [1.807, 2.05) is 19.1 Å². The second-order valence-corrected chi connectivity index (χ2v) is 10.3. The standard InChI is InChI=1S/C21H34N4O3S.HI/c1-3-22-21(24-19-10-13-29(26,27)16-19)23-14-17-8-11-25(12-9-17)15-18-4-6-20(28-2)7-5-18;/h4-7,17,19H,3,8-16H2,1-2H3,(H2,22,23,24);1H. The van der Waals surface area contributed by atoms with Gasteiger partial charge in [-0.2, -0.15) is 0 Å². The Morgan fingerprint density at radius 3 is 2.47 bits per heavy atom. The number of sulfone groups is 1. The van der Waals surface area contributed by atoms with Gasteiger partial charge in [0.05, 0.1) is 18.6 Å². The number of methoxy groups -OCH3 is 1. The quantitative estimate of drug-likeness (QED) is 0.308. The summed E-state index contributed by atoms with van der Waals surface area (Å²) in [7, 11) is -1.20. The SMILES string of the molecule is CCNC(=NCC1CCN(Cc2ccc(OC)cc2)CC1)NC1CCS(=O)(=O)C1.I. The predicted molar refractivity (Wildman–Crippen MR) is 133 cm³/mol. The number of hydrogen-bond acceptors (Lipinski definition) is 5. The highest BCUT2D eigenvalue weighted by Crippen LogP contribution is 2.20. The molecule has 30 heavy (non-hydrogen) atoms. The fourth-order valence-electron chi connectivity index (χ4n) is 3.96. The molecule has 2 aliphatic heterocycles. The van der Waals surface area contributed by atoms with Crippen LogP contribution in [0.15, 0.2) is 29.3 Å². The minimum atomic E-state index is -2.89. The van der Waals surface area contributed by atoms with E-state index in [0.717, 1.165) is 57.3 Å². The maximum atomic E-state index is 11.7. The number of ether oxygens (including phenoxy) is 1. The van der Waals surface area contributed by atoms with E-state index in [9.17, 15) is 8.42 Å². The van der Waals surface area contributed by atoms with Crippen molar-refractivity contribution in [1.29, 1.82) is 0 Å². The summed E-state index contributed by atoms with van der Waals surface area (Å²) in [6.45, 7) is 6.71. The number of nitrogens with zero attached hydrogens (tertiary/aromatic N) is 2. The molecule has 0 spiro atoms. The van der Waals surface area contributed by atoms with Crippen molar-refractivity contribution >= 4 is 39.8 Å². The maximum absolute atomic E-state index is 11.7. The van der Waals surface area contributed by atoms with Crippen molar-refractivity contribution in [1.82, 2.24) is 15.5 Å². The summed E-state index contributed by atoms with van der Waals surface area (Å²) in [5.41, 5.74) is 1.31. The number of piperidine rings is 1. The van der Waals surface area contributed by atoms with Crippen LogP contribution < -0.4 is 15.4 Å². The lowest BCUT2D eigenvalue weighted by atomic mass is 9.96. The molecular formula is C21H35IN4O3S. The molecule has 0 aromatic heterocycles. The Balaban J connectivity index is 0.00000320. The van der Waals surface area contributed by atoms with Gasteiger partial charge >= 0.3 is 0 Å². The summed E-state index contributed by atoms with van der Waals surface area (Å²) in [6.07, 6.45) is 2.93. The number of benzene rings is 1. The maximum Gasteiger partial charge on any atom is 0.191 e. The van der Waals surface area contributed by atoms with Crippen molar-refractivity contribution in [3.05, 3.63) is 29.8 Å². The molecule has 0 bridgehead atoms. The van der Waals surface area contributed by atoms with E-state index >= 15 is 0 Å². The van der Waals surface area contributed by atoms with Crippen LogP contribution in [-0.4, -0.2) is 70.1 Å². The highest BCUT2D eigenvalue weighted by Gasteiger charge is 2.28. The molecule has 3 rings (SSSR count). The molecule has 2 heterocycles. The second-order valence-electron chi connectivity index (χ2n) is 8.03. The second kappa shape index (κ2) is 12.1. The summed E-state index contributed by atoms with van der Waals surface area (Å²) in [6, 6.07) is 8.27. The number of nitrogens with one attached hydrogen (secondary N) is 2. The molecule has 1 atom stereocenters. The molecule has 1 aromatic rings. The van der Waals surface area contributed by atoms with Crippen LogP contribution in [0.25, 0.3) is 0 Å². The van der Waals surface area contributed by atoms with Crippen LogP contribution in [0.5, 0.6) is 5.75 Å². The van der Waals surface area contributed by atoms with E-state index in [4.69, 9.17) is 9.73 Å². The molecule has 2 N–H and O–H groups in total. The van der Waals surface area contributed by atoms with E-state index in [2.05, 4.69) is 27.7 Å². The van der Waals surface area contributed by atoms with Gasteiger partial charge in [0, 0.05) is 25.7 Å². The summed E-state index contributed by atoms with van der Waals surface area (Å²) in [5.74, 6) is 2.70. The van der Waals surface area contributed by atoms with E-state index in [1.54, 1.807) is 7.11 Å². The third-order valence-electron chi connectivity index (χ3n) is 5.70. The van der Waals surface area contributed by atoms with Gasteiger partial charge in [0.15, 0.2) is 15.8 Å². The van der Waals surface area contributed by atoms with Gasteiger partial charge in [0.2, 0.25) is 0 Å². The van der Waals surface area contributed by atoms with Crippen LogP contribution in [-0.2, 0) is 16.4 Å². The van der Waals surface area contributed by atoms with Crippen LogP contribution >= 0.6 is 24.0 Å². The van der Waals surface area contributed by atoms with E-state index < -0.39 is 9.84 Å². The number of hydrogen-bond donors (Lipinski definition) is 2. The van der Waals surface area contributed by atoms with Gasteiger partial charge in [-0.3, -0.25) is 9.89 Å². The van der Waals surface area contributed by atoms with Crippen LogP contribution in [0.1, 0.15) is 31.7 Å². The van der Waals surface area contributed by atoms with E-state index in [1.165, 1.54) is 5.56 Å². The smallest absolute Gasteiger partial charge is 0.191 e. The number of aliphatic imine (C=N–C) groups is 1. The zero-order chi connectivity index (χ0) is 20.7. The zero-order valence-corrected chi connectivity index (χ0v) is 21.1. The Bertz CT molecular complexity index is 778. The van der Waals surface area contributed by atoms with Crippen molar-refractivity contribution in [3.8, 4) is 5.75 Å². The highest BCUT2D eigenvalue weighted by atomic mass is 127. The normalized spacial score (nSPS) is 22.3. The van der Waals surface area contributed by atoms with E-state index in [0.29, 0.717) is 12.3 Å². The first kappa shape index (κ1) is 25.2. The first-order chi connectivity index (χ1) is 14.0. The van der Waals surface area contributed by atoms with E-state index in [-0.39, 0.29) is 41.5 Å². The van der Waals surface area contributed by atoms with Crippen molar-refractivity contribution in [2.75, 3.05) is 44.8 Å². The highest BCUT2D eigenvalue weighted by molar-refractivity contribution is 14.0. The number of rotatable bonds is 7. The molecule has 0 aliphatic carbocycles. The Morgan fingerprint density at radius 1 is 1.20 bits per heavy atom. The average molecular weight is 551 g/mol. The zero-order valence-electron chi connectivity index (χ0n) is 18.0. The molecule has 9 heteroatoms. The lowest BCUT2D eigenvalue weighted by Gasteiger charge is -2.31. The summed E-state index contributed by atoms with van der Waals surface area (Å²) in [4.78, 5) is 7.24. The lowest BCUT2D eigenvalue weighted by molar-refractivity contribution is 0.180. The van der Waals surface area contributed by atoms with Gasteiger partial charge in [0.1, 0.15) is 5.75 Å². The Morgan fingerprint density at radius 2 is 1.90 bits per heavy atom. The average Bonchev–Trinajstić information content (AvgIpc) is 3.06. The number of halogens is 1. The molecule has 1 aromatic carbocycles. The van der Waals surface area contributed by atoms with Crippen LogP contribution in [0.2, 0.25) is 0 Å². The fraction of sp³-hybridized carbons (Fsp3) is 0.667. The minimum absolute atomic E-state index is 0. The van der Waals surface area contributed by atoms with Crippen molar-refractivity contribution < 1.29 is 13.2 Å². The van der Waals surface area contributed by atoms with Gasteiger partial charge in [-0.15, -0.1) is 24.0 Å². The molecule has 0 amide bonds. The van der Waals surface area contributed by atoms with Crippen LogP contribution in [0, 0.1) is 5.92 Å². The first-order valence-electron chi connectivity index (χ1n) is 10.6. The molecule has 2 aliphatic rings. The summed E-state index contributed by atoms with van der Waals surface area (Å²) >= 11 is 0. The van der Waals surface area contributed by atoms with Crippen LogP contribution in [0.4, 0.5) is 0 Å². The largest absolute Gasteiger partial charge is 0.497 e. The van der Waals surface area contributed by atoms with Gasteiger partial charge in [-0.1, -0.05) is 12.1 Å². The molecule has 7 nitrogen and oxygen atoms in total. The first-order valence-corrected chi connectivity index (χ1v) is 12.4. The Hall–Kier alpha value is -1.07. The minimum Gasteiger partial charge on any atom is -0.497 e. The molecular weight excluding hydrogens is 515 g/mol. The number of likely N-dealkylation sites (tertiary alicyclic amines) is 1. The van der Waals surface area contributed by atoms with Gasteiger partial charge < -0.3 is 15.4 Å². The van der Waals surface area contributed by atoms with Gasteiger partial charge in [-0.25, -0.2) is 8.42 Å². The molecule has 1 unspecified atom stereocenters. The van der Waals surface area contributed by atoms with Crippen molar-refractivity contribution in [2.24, 2.45) is 10.9 Å². The van der Waals surface area contributed by atoms with Gasteiger partial charge in [-0.05, 0) is 62.9 Å². The van der Waals surface area contributed by atoms with Crippen molar-refractivity contribution in [3.63, 3.8) is 0 Å². The predicted octanol–water partition coefficient (Wildman–Crippen LogP) is 2.27. The van der Waals surface area contributed by atoms with Crippen LogP contribution in [0.3, 0.4) is 0 Å². The molecule has 0 radical (unpaired) electrons. The summed E-state index contributed by atoms with van der Waals surface area (Å²) < 4.78 is 28.6. The van der Waals surface area contributed by atoms with Crippen molar-refractivity contribution in [2.45, 2.75) is 38.8 Å². The topological polar surface area (TPSA) is 83.0 Å². The fourth-order valence-corrected chi connectivity index (χ4v) is 5.63. The molecule has 0 saturated carbocycles. The molecule has 2 fully saturated rings. The van der Waals surface area contributed by atoms with Gasteiger partial charge in [0.25, 0.3) is 0 Å². The molecule has 2 saturated heterocycles. The molecule has 170 valence electrons. The lowest BCUT2D eigenvalue weighted by Crippen LogP contribution is -2.44. The number of guanidine groups is 1. The Kier molecular flexibility index (Phi) is 10.2.